The number of methoxy groups -OCH3 is 1. The fourth-order valence-electron chi connectivity index (χ4n) is 1.54. The van der Waals surface area contributed by atoms with Crippen LogP contribution in [0.25, 0.3) is 11.3 Å². The highest BCUT2D eigenvalue weighted by Crippen LogP contribution is 2.32. The van der Waals surface area contributed by atoms with Gasteiger partial charge in [0.2, 0.25) is 0 Å². The zero-order valence-corrected chi connectivity index (χ0v) is 10.9. The molecule has 1 aromatic carbocycles. The molecule has 0 aliphatic carbocycles. The first-order valence-electron chi connectivity index (χ1n) is 4.92. The van der Waals surface area contributed by atoms with Crippen molar-refractivity contribution in [3.8, 4) is 17.0 Å². The maximum atomic E-state index is 10.9. The van der Waals surface area contributed by atoms with Crippen molar-refractivity contribution in [2.75, 3.05) is 7.11 Å². The number of carbonyl (C=O) groups excluding carboxylic acids is 1. The summed E-state index contributed by atoms with van der Waals surface area (Å²) in [6, 6.07) is 5.36. The number of benzene rings is 1. The van der Waals surface area contributed by atoms with Gasteiger partial charge in [0.25, 0.3) is 0 Å². The fraction of sp³-hybridized carbons (Fsp3) is 0.167. The highest BCUT2D eigenvalue weighted by atomic mass is 35.5. The molecule has 1 aromatic heterocycles. The van der Waals surface area contributed by atoms with E-state index in [9.17, 15) is 4.79 Å². The number of carbonyl (C=O) groups is 1. The summed E-state index contributed by atoms with van der Waals surface area (Å²) in [7, 11) is 1.56. The van der Waals surface area contributed by atoms with E-state index in [0.717, 1.165) is 16.9 Å². The molecular formula is C12H10ClNO2S. The van der Waals surface area contributed by atoms with E-state index in [1.54, 1.807) is 19.2 Å². The quantitative estimate of drug-likeness (QED) is 0.798. The smallest absolute Gasteiger partial charge is 0.162 e. The standard InChI is InChI=1S/C12H10ClNO2S/c1-7-14-12(11(6-15)17-7)8-3-4-10(16-2)9(13)5-8/h3-6H,1-2H3. The third-order valence-electron chi connectivity index (χ3n) is 2.29. The van der Waals surface area contributed by atoms with Crippen LogP contribution in [-0.2, 0) is 0 Å². The molecule has 0 N–H and O–H groups in total. The molecule has 88 valence electrons. The Bertz CT molecular complexity index is 566. The van der Waals surface area contributed by atoms with E-state index >= 15 is 0 Å². The van der Waals surface area contributed by atoms with Gasteiger partial charge in [0.1, 0.15) is 5.75 Å². The molecule has 0 spiro atoms. The van der Waals surface area contributed by atoms with Crippen molar-refractivity contribution < 1.29 is 9.53 Å². The molecule has 0 saturated heterocycles. The Morgan fingerprint density at radius 2 is 2.24 bits per heavy atom. The van der Waals surface area contributed by atoms with Crippen LogP contribution < -0.4 is 4.74 Å². The molecular weight excluding hydrogens is 258 g/mol. The van der Waals surface area contributed by atoms with Crippen molar-refractivity contribution in [3.05, 3.63) is 33.1 Å². The average molecular weight is 268 g/mol. The molecule has 0 radical (unpaired) electrons. The molecule has 0 amide bonds. The Kier molecular flexibility index (Phi) is 3.45. The normalized spacial score (nSPS) is 10.3. The summed E-state index contributed by atoms with van der Waals surface area (Å²) in [6.07, 6.45) is 0.818. The van der Waals surface area contributed by atoms with Crippen molar-refractivity contribution in [2.24, 2.45) is 0 Å². The molecule has 0 saturated carbocycles. The second kappa shape index (κ2) is 4.85. The molecule has 3 nitrogen and oxygen atoms in total. The van der Waals surface area contributed by atoms with Crippen LogP contribution in [0.3, 0.4) is 0 Å². The van der Waals surface area contributed by atoms with Gasteiger partial charge in [0.05, 0.1) is 27.7 Å². The lowest BCUT2D eigenvalue weighted by Gasteiger charge is -2.04. The van der Waals surface area contributed by atoms with Crippen molar-refractivity contribution in [1.82, 2.24) is 4.98 Å². The summed E-state index contributed by atoms with van der Waals surface area (Å²) in [6.45, 7) is 1.87. The lowest BCUT2D eigenvalue weighted by Crippen LogP contribution is -1.87. The Balaban J connectivity index is 2.52. The van der Waals surface area contributed by atoms with Crippen LogP contribution in [0.2, 0.25) is 5.02 Å². The third kappa shape index (κ3) is 2.33. The first-order valence-corrected chi connectivity index (χ1v) is 6.11. The van der Waals surface area contributed by atoms with Crippen LogP contribution in [0.5, 0.6) is 5.75 Å². The minimum absolute atomic E-state index is 0.507. The van der Waals surface area contributed by atoms with Crippen LogP contribution >= 0.6 is 22.9 Å². The predicted molar refractivity (Wildman–Crippen MR) is 69.2 cm³/mol. The van der Waals surface area contributed by atoms with Crippen molar-refractivity contribution >= 4 is 29.2 Å². The number of thiazole rings is 1. The first kappa shape index (κ1) is 12.1. The molecule has 0 aliphatic heterocycles. The van der Waals surface area contributed by atoms with Gasteiger partial charge in [-0.15, -0.1) is 11.3 Å². The van der Waals surface area contributed by atoms with Gasteiger partial charge in [-0.2, -0.15) is 0 Å². The minimum Gasteiger partial charge on any atom is -0.495 e. The second-order valence-corrected chi connectivity index (χ2v) is 5.05. The van der Waals surface area contributed by atoms with Crippen LogP contribution in [0, 0.1) is 6.92 Å². The topological polar surface area (TPSA) is 39.2 Å². The summed E-state index contributed by atoms with van der Waals surface area (Å²) in [4.78, 5) is 15.9. The number of halogens is 1. The van der Waals surface area contributed by atoms with Crippen molar-refractivity contribution in [3.63, 3.8) is 0 Å². The molecule has 0 unspecified atom stereocenters. The van der Waals surface area contributed by atoms with Gasteiger partial charge in [-0.1, -0.05) is 11.6 Å². The van der Waals surface area contributed by atoms with Crippen LogP contribution in [0.4, 0.5) is 0 Å². The zero-order chi connectivity index (χ0) is 12.4. The largest absolute Gasteiger partial charge is 0.495 e. The van der Waals surface area contributed by atoms with Crippen LogP contribution in [-0.4, -0.2) is 18.4 Å². The van der Waals surface area contributed by atoms with E-state index in [1.165, 1.54) is 11.3 Å². The highest BCUT2D eigenvalue weighted by Gasteiger charge is 2.12. The molecule has 2 aromatic rings. The maximum absolute atomic E-state index is 10.9. The number of aromatic nitrogens is 1. The Labute approximate surface area is 108 Å². The maximum Gasteiger partial charge on any atom is 0.162 e. The van der Waals surface area contributed by atoms with E-state index in [1.807, 2.05) is 13.0 Å². The summed E-state index contributed by atoms with van der Waals surface area (Å²) >= 11 is 7.42. The Morgan fingerprint density at radius 3 is 2.82 bits per heavy atom. The van der Waals surface area contributed by atoms with Gasteiger partial charge < -0.3 is 4.74 Å². The number of nitrogens with zero attached hydrogens (tertiary/aromatic N) is 1. The summed E-state index contributed by atoms with van der Waals surface area (Å²) in [5, 5.41) is 1.36. The minimum atomic E-state index is 0.507. The molecule has 2 rings (SSSR count). The summed E-state index contributed by atoms with van der Waals surface area (Å²) in [5.74, 6) is 0.607. The van der Waals surface area contributed by atoms with Crippen molar-refractivity contribution in [2.45, 2.75) is 6.92 Å². The van der Waals surface area contributed by atoms with E-state index in [2.05, 4.69) is 4.98 Å². The van der Waals surface area contributed by atoms with E-state index in [4.69, 9.17) is 16.3 Å². The van der Waals surface area contributed by atoms with Crippen molar-refractivity contribution in [1.29, 1.82) is 0 Å². The van der Waals surface area contributed by atoms with Crippen LogP contribution in [0.1, 0.15) is 14.7 Å². The third-order valence-corrected chi connectivity index (χ3v) is 3.48. The van der Waals surface area contributed by atoms with Gasteiger partial charge in [-0.3, -0.25) is 4.79 Å². The van der Waals surface area contributed by atoms with Gasteiger partial charge >= 0.3 is 0 Å². The monoisotopic (exact) mass is 267 g/mol. The van der Waals surface area contributed by atoms with E-state index in [0.29, 0.717) is 21.3 Å². The highest BCUT2D eigenvalue weighted by molar-refractivity contribution is 7.13. The SMILES string of the molecule is COc1ccc(-c2nc(C)sc2C=O)cc1Cl. The summed E-state index contributed by atoms with van der Waals surface area (Å²) < 4.78 is 5.08. The Morgan fingerprint density at radius 1 is 1.47 bits per heavy atom. The predicted octanol–water partition coefficient (Wildman–Crippen LogP) is 3.59. The first-order chi connectivity index (χ1) is 8.15. The van der Waals surface area contributed by atoms with Gasteiger partial charge in [-0.25, -0.2) is 4.98 Å². The fourth-order valence-corrected chi connectivity index (χ4v) is 2.56. The number of hydrogen-bond acceptors (Lipinski definition) is 4. The lowest BCUT2D eigenvalue weighted by molar-refractivity contribution is 0.112. The number of ether oxygens (including phenoxy) is 1. The van der Waals surface area contributed by atoms with Gasteiger partial charge in [-0.05, 0) is 25.1 Å². The Hall–Kier alpha value is -1.39. The van der Waals surface area contributed by atoms with E-state index < -0.39 is 0 Å². The molecule has 0 atom stereocenters. The van der Waals surface area contributed by atoms with E-state index in [-0.39, 0.29) is 0 Å². The second-order valence-electron chi connectivity index (χ2n) is 3.41. The molecule has 0 bridgehead atoms. The van der Waals surface area contributed by atoms with Crippen LogP contribution in [0.15, 0.2) is 18.2 Å². The average Bonchev–Trinajstić information content (AvgIpc) is 2.70. The lowest BCUT2D eigenvalue weighted by atomic mass is 10.1. The molecule has 0 aliphatic rings. The molecule has 1 heterocycles. The summed E-state index contributed by atoms with van der Waals surface area (Å²) in [5.41, 5.74) is 1.49. The molecule has 17 heavy (non-hydrogen) atoms. The molecule has 0 fully saturated rings. The zero-order valence-electron chi connectivity index (χ0n) is 9.36. The molecule has 5 heteroatoms. The van der Waals surface area contributed by atoms with Gasteiger partial charge in [0, 0.05) is 5.56 Å². The number of aryl methyl sites for hydroxylation is 1. The number of aldehydes is 1. The number of rotatable bonds is 3. The number of hydrogen-bond donors (Lipinski definition) is 0. The van der Waals surface area contributed by atoms with Gasteiger partial charge in [0.15, 0.2) is 6.29 Å².